The first-order valence-electron chi connectivity index (χ1n) is 6.30. The third-order valence-corrected chi connectivity index (χ3v) is 3.03. The maximum atomic E-state index is 11.2. The van der Waals surface area contributed by atoms with Crippen LogP contribution in [-0.4, -0.2) is 38.4 Å². The van der Waals surface area contributed by atoms with Gasteiger partial charge >= 0.3 is 0 Å². The van der Waals surface area contributed by atoms with Gasteiger partial charge in [0.1, 0.15) is 0 Å². The van der Waals surface area contributed by atoms with Crippen LogP contribution in [-0.2, 0) is 9.47 Å². The Morgan fingerprint density at radius 2 is 2.17 bits per heavy atom. The number of anilines is 1. The van der Waals surface area contributed by atoms with E-state index in [1.165, 1.54) is 0 Å². The molecule has 4 nitrogen and oxygen atoms in total. The van der Waals surface area contributed by atoms with Crippen molar-refractivity contribution < 1.29 is 14.3 Å². The van der Waals surface area contributed by atoms with Crippen LogP contribution < -0.4 is 4.90 Å². The molecule has 0 aliphatic carbocycles. The fourth-order valence-corrected chi connectivity index (χ4v) is 2.05. The van der Waals surface area contributed by atoms with Crippen LogP contribution in [0.5, 0.6) is 0 Å². The topological polar surface area (TPSA) is 38.8 Å². The Labute approximate surface area is 107 Å². The van der Waals surface area contributed by atoms with Crippen molar-refractivity contribution in [2.75, 3.05) is 31.2 Å². The van der Waals surface area contributed by atoms with Gasteiger partial charge in [-0.2, -0.15) is 0 Å². The van der Waals surface area contributed by atoms with Gasteiger partial charge in [-0.15, -0.1) is 0 Å². The number of ketones is 1. The first kappa shape index (κ1) is 13.1. The van der Waals surface area contributed by atoms with Gasteiger partial charge in [0, 0.05) is 24.4 Å². The molecule has 18 heavy (non-hydrogen) atoms. The Morgan fingerprint density at radius 1 is 1.44 bits per heavy atom. The highest BCUT2D eigenvalue weighted by Gasteiger charge is 2.20. The van der Waals surface area contributed by atoms with Gasteiger partial charge in [-0.05, 0) is 38.1 Å². The summed E-state index contributed by atoms with van der Waals surface area (Å²) in [5, 5.41) is 0. The number of carbonyl (C=O) groups is 1. The minimum absolute atomic E-state index is 0.0933. The maximum absolute atomic E-state index is 11.2. The molecule has 4 heteroatoms. The lowest BCUT2D eigenvalue weighted by Crippen LogP contribution is -2.43. The van der Waals surface area contributed by atoms with Gasteiger partial charge in [0.15, 0.2) is 12.1 Å². The van der Waals surface area contributed by atoms with Gasteiger partial charge in [-0.1, -0.05) is 0 Å². The van der Waals surface area contributed by atoms with Crippen LogP contribution in [0, 0.1) is 0 Å². The minimum atomic E-state index is -0.156. The van der Waals surface area contributed by atoms with Crippen LogP contribution in [0.3, 0.4) is 0 Å². The molecule has 1 saturated heterocycles. The molecule has 1 fully saturated rings. The fraction of sp³-hybridized carbons (Fsp3) is 0.500. The summed E-state index contributed by atoms with van der Waals surface area (Å²) in [5.41, 5.74) is 1.85. The van der Waals surface area contributed by atoms with Gasteiger partial charge in [-0.3, -0.25) is 4.79 Å². The summed E-state index contributed by atoms with van der Waals surface area (Å²) in [5.74, 6) is 0.0933. The van der Waals surface area contributed by atoms with Crippen molar-refractivity contribution in [2.45, 2.75) is 20.1 Å². The fourth-order valence-electron chi connectivity index (χ4n) is 2.05. The highest BCUT2D eigenvalue weighted by molar-refractivity contribution is 5.94. The highest BCUT2D eigenvalue weighted by atomic mass is 16.7. The number of morpholine rings is 1. The molecule has 0 spiro atoms. The first-order chi connectivity index (χ1) is 8.70. The lowest BCUT2D eigenvalue weighted by Gasteiger charge is -2.34. The van der Waals surface area contributed by atoms with Crippen molar-refractivity contribution in [1.82, 2.24) is 0 Å². The van der Waals surface area contributed by atoms with Crippen LogP contribution in [0.4, 0.5) is 5.69 Å². The maximum Gasteiger partial charge on any atom is 0.174 e. The van der Waals surface area contributed by atoms with Crippen LogP contribution >= 0.6 is 0 Å². The zero-order chi connectivity index (χ0) is 13.0. The van der Waals surface area contributed by atoms with Gasteiger partial charge in [-0.25, -0.2) is 0 Å². The Kier molecular flexibility index (Phi) is 4.33. The molecule has 0 saturated carbocycles. The van der Waals surface area contributed by atoms with Crippen molar-refractivity contribution in [1.29, 1.82) is 0 Å². The van der Waals surface area contributed by atoms with E-state index in [4.69, 9.17) is 9.47 Å². The van der Waals surface area contributed by atoms with E-state index in [2.05, 4.69) is 4.90 Å². The SMILES string of the molecule is CCO[C@@H]1CN(c2ccc(C(C)=O)cc2)CCO1. The average Bonchev–Trinajstić information content (AvgIpc) is 2.39. The molecule has 0 bridgehead atoms. The molecule has 0 N–H and O–H groups in total. The van der Waals surface area contributed by atoms with Gasteiger partial charge in [0.05, 0.1) is 13.2 Å². The first-order valence-corrected chi connectivity index (χ1v) is 6.30. The van der Waals surface area contributed by atoms with E-state index in [0.29, 0.717) is 13.2 Å². The minimum Gasteiger partial charge on any atom is -0.364 e. The number of carbonyl (C=O) groups excluding carboxylic acids is 1. The molecule has 1 aliphatic rings. The Morgan fingerprint density at radius 3 is 2.78 bits per heavy atom. The number of hydrogen-bond donors (Lipinski definition) is 0. The van der Waals surface area contributed by atoms with E-state index in [-0.39, 0.29) is 12.1 Å². The molecule has 2 rings (SSSR count). The Hall–Kier alpha value is -1.39. The van der Waals surface area contributed by atoms with Gasteiger partial charge < -0.3 is 14.4 Å². The second-order valence-electron chi connectivity index (χ2n) is 4.30. The normalized spacial score (nSPS) is 19.9. The van der Waals surface area contributed by atoms with E-state index >= 15 is 0 Å². The highest BCUT2D eigenvalue weighted by Crippen LogP contribution is 2.19. The van der Waals surface area contributed by atoms with Crippen LogP contribution in [0.1, 0.15) is 24.2 Å². The van der Waals surface area contributed by atoms with Crippen LogP contribution in [0.15, 0.2) is 24.3 Å². The molecule has 0 unspecified atom stereocenters. The van der Waals surface area contributed by atoms with Crippen molar-refractivity contribution in [2.24, 2.45) is 0 Å². The zero-order valence-electron chi connectivity index (χ0n) is 10.9. The van der Waals surface area contributed by atoms with E-state index in [1.54, 1.807) is 6.92 Å². The zero-order valence-corrected chi connectivity index (χ0v) is 10.9. The van der Waals surface area contributed by atoms with E-state index < -0.39 is 0 Å². The van der Waals surface area contributed by atoms with Crippen molar-refractivity contribution >= 4 is 11.5 Å². The molecule has 1 heterocycles. The summed E-state index contributed by atoms with van der Waals surface area (Å²) in [6, 6.07) is 7.68. The number of Topliss-reactive ketones (excluding diaryl/α,β-unsaturated/α-hetero) is 1. The summed E-state index contributed by atoms with van der Waals surface area (Å²) >= 11 is 0. The van der Waals surface area contributed by atoms with E-state index in [0.717, 1.165) is 24.3 Å². The third kappa shape index (κ3) is 3.09. The average molecular weight is 249 g/mol. The molecular formula is C14H19NO3. The number of benzene rings is 1. The van der Waals surface area contributed by atoms with E-state index in [9.17, 15) is 4.79 Å². The summed E-state index contributed by atoms with van der Waals surface area (Å²) in [6.07, 6.45) is -0.156. The molecule has 0 radical (unpaired) electrons. The predicted octanol–water partition coefficient (Wildman–Crippen LogP) is 2.09. The van der Waals surface area contributed by atoms with Crippen LogP contribution in [0.25, 0.3) is 0 Å². The molecule has 98 valence electrons. The summed E-state index contributed by atoms with van der Waals surface area (Å²) in [4.78, 5) is 13.4. The standard InChI is InChI=1S/C14H19NO3/c1-3-17-14-10-15(8-9-18-14)13-6-4-12(5-7-13)11(2)16/h4-7,14H,3,8-10H2,1-2H3/t14-/m0/s1. The molecule has 1 aromatic carbocycles. The van der Waals surface area contributed by atoms with Crippen molar-refractivity contribution in [3.8, 4) is 0 Å². The van der Waals surface area contributed by atoms with Crippen molar-refractivity contribution in [3.63, 3.8) is 0 Å². The monoisotopic (exact) mass is 249 g/mol. The smallest absolute Gasteiger partial charge is 0.174 e. The molecule has 1 aromatic rings. The second kappa shape index (κ2) is 5.98. The largest absolute Gasteiger partial charge is 0.364 e. The van der Waals surface area contributed by atoms with E-state index in [1.807, 2.05) is 31.2 Å². The number of hydrogen-bond acceptors (Lipinski definition) is 4. The predicted molar refractivity (Wildman–Crippen MR) is 70.0 cm³/mol. The summed E-state index contributed by atoms with van der Waals surface area (Å²) < 4.78 is 11.0. The molecule has 0 amide bonds. The number of ether oxygens (including phenoxy) is 2. The number of nitrogens with zero attached hydrogens (tertiary/aromatic N) is 1. The molecular weight excluding hydrogens is 230 g/mol. The molecule has 0 aromatic heterocycles. The molecule has 1 atom stereocenters. The Balaban J connectivity index is 2.04. The lowest BCUT2D eigenvalue weighted by molar-refractivity contribution is -0.143. The quantitative estimate of drug-likeness (QED) is 0.766. The van der Waals surface area contributed by atoms with Crippen molar-refractivity contribution in [3.05, 3.63) is 29.8 Å². The van der Waals surface area contributed by atoms with Gasteiger partial charge in [0.25, 0.3) is 0 Å². The number of rotatable bonds is 4. The lowest BCUT2D eigenvalue weighted by atomic mass is 10.1. The Bertz CT molecular complexity index is 400. The second-order valence-corrected chi connectivity index (χ2v) is 4.30. The molecule has 1 aliphatic heterocycles. The third-order valence-electron chi connectivity index (χ3n) is 3.03. The summed E-state index contributed by atoms with van der Waals surface area (Å²) in [7, 11) is 0. The van der Waals surface area contributed by atoms with Gasteiger partial charge in [0.2, 0.25) is 0 Å². The summed E-state index contributed by atoms with van der Waals surface area (Å²) in [6.45, 7) is 6.44. The van der Waals surface area contributed by atoms with Crippen LogP contribution in [0.2, 0.25) is 0 Å².